The summed E-state index contributed by atoms with van der Waals surface area (Å²) >= 11 is 0. The standard InChI is InChI=1S/C17H34N2/c1-15(2)13-16-7-5-8-17(14-16)18-9-6-12-19-10-3-4-11-19/h15-18H,3-14H2,1-2H3. The minimum Gasteiger partial charge on any atom is -0.314 e. The van der Waals surface area contributed by atoms with Gasteiger partial charge in [-0.25, -0.2) is 0 Å². The van der Waals surface area contributed by atoms with Crippen LogP contribution < -0.4 is 5.32 Å². The topological polar surface area (TPSA) is 15.3 Å². The number of hydrogen-bond acceptors (Lipinski definition) is 2. The lowest BCUT2D eigenvalue weighted by Gasteiger charge is -2.31. The Morgan fingerprint density at radius 3 is 2.63 bits per heavy atom. The van der Waals surface area contributed by atoms with Gasteiger partial charge in [-0.15, -0.1) is 0 Å². The van der Waals surface area contributed by atoms with Gasteiger partial charge in [-0.3, -0.25) is 0 Å². The SMILES string of the molecule is CC(C)CC1CCCC(NCCCN2CCCC2)C1. The van der Waals surface area contributed by atoms with Crippen molar-refractivity contribution >= 4 is 0 Å². The van der Waals surface area contributed by atoms with E-state index in [0.717, 1.165) is 17.9 Å². The predicted molar refractivity (Wildman–Crippen MR) is 83.5 cm³/mol. The maximum atomic E-state index is 3.82. The molecule has 2 fully saturated rings. The molecule has 2 nitrogen and oxygen atoms in total. The smallest absolute Gasteiger partial charge is 0.00697 e. The number of nitrogens with one attached hydrogen (secondary N) is 1. The average molecular weight is 266 g/mol. The van der Waals surface area contributed by atoms with Gasteiger partial charge in [0.25, 0.3) is 0 Å². The zero-order valence-electron chi connectivity index (χ0n) is 13.2. The number of hydrogen-bond donors (Lipinski definition) is 1. The van der Waals surface area contributed by atoms with Crippen molar-refractivity contribution in [3.63, 3.8) is 0 Å². The molecule has 1 N–H and O–H groups in total. The summed E-state index contributed by atoms with van der Waals surface area (Å²) in [5.41, 5.74) is 0. The van der Waals surface area contributed by atoms with E-state index in [1.165, 1.54) is 77.5 Å². The quantitative estimate of drug-likeness (QED) is 0.707. The zero-order valence-corrected chi connectivity index (χ0v) is 13.2. The molecule has 2 rings (SSSR count). The fourth-order valence-electron chi connectivity index (χ4n) is 3.97. The summed E-state index contributed by atoms with van der Waals surface area (Å²) in [6, 6.07) is 0.816. The van der Waals surface area contributed by atoms with E-state index in [0.29, 0.717) is 0 Å². The maximum Gasteiger partial charge on any atom is 0.00697 e. The van der Waals surface area contributed by atoms with E-state index >= 15 is 0 Å². The molecule has 1 saturated heterocycles. The summed E-state index contributed by atoms with van der Waals surface area (Å²) in [7, 11) is 0. The second-order valence-corrected chi connectivity index (χ2v) is 7.22. The van der Waals surface area contributed by atoms with Crippen LogP contribution in [0.4, 0.5) is 0 Å². The van der Waals surface area contributed by atoms with Gasteiger partial charge in [-0.05, 0) is 76.5 Å². The Balaban J connectivity index is 1.54. The molecule has 2 aliphatic rings. The van der Waals surface area contributed by atoms with E-state index in [2.05, 4.69) is 24.1 Å². The van der Waals surface area contributed by atoms with Crippen LogP contribution in [0.2, 0.25) is 0 Å². The fraction of sp³-hybridized carbons (Fsp3) is 1.00. The van der Waals surface area contributed by atoms with Crippen LogP contribution in [0.25, 0.3) is 0 Å². The second-order valence-electron chi connectivity index (χ2n) is 7.22. The van der Waals surface area contributed by atoms with E-state index in [9.17, 15) is 0 Å². The van der Waals surface area contributed by atoms with E-state index < -0.39 is 0 Å². The number of rotatable bonds is 7. The molecule has 0 aromatic rings. The van der Waals surface area contributed by atoms with Crippen LogP contribution in [0.3, 0.4) is 0 Å². The summed E-state index contributed by atoms with van der Waals surface area (Å²) in [5.74, 6) is 1.86. The van der Waals surface area contributed by atoms with E-state index in [1.807, 2.05) is 0 Å². The molecule has 0 bridgehead atoms. The molecule has 1 aliphatic carbocycles. The normalized spacial score (nSPS) is 29.2. The molecule has 1 aliphatic heterocycles. The average Bonchev–Trinajstić information content (AvgIpc) is 2.87. The third-order valence-electron chi connectivity index (χ3n) is 4.87. The van der Waals surface area contributed by atoms with Crippen LogP contribution in [0.5, 0.6) is 0 Å². The number of likely N-dealkylation sites (tertiary alicyclic amines) is 1. The molecule has 1 heterocycles. The molecule has 0 amide bonds. The molecule has 2 unspecified atom stereocenters. The van der Waals surface area contributed by atoms with Crippen LogP contribution in [-0.4, -0.2) is 37.1 Å². The molecule has 0 radical (unpaired) electrons. The minimum absolute atomic E-state index is 0.816. The lowest BCUT2D eigenvalue weighted by molar-refractivity contribution is 0.248. The lowest BCUT2D eigenvalue weighted by Crippen LogP contribution is -2.36. The van der Waals surface area contributed by atoms with Crippen molar-refractivity contribution in [1.29, 1.82) is 0 Å². The summed E-state index contributed by atoms with van der Waals surface area (Å²) in [5, 5.41) is 3.82. The van der Waals surface area contributed by atoms with Crippen molar-refractivity contribution in [3.8, 4) is 0 Å². The van der Waals surface area contributed by atoms with E-state index in [4.69, 9.17) is 0 Å². The molecular weight excluding hydrogens is 232 g/mol. The summed E-state index contributed by atoms with van der Waals surface area (Å²) in [6.45, 7) is 9.98. The Bertz CT molecular complexity index is 233. The Morgan fingerprint density at radius 2 is 1.89 bits per heavy atom. The highest BCUT2D eigenvalue weighted by atomic mass is 15.1. The third kappa shape index (κ3) is 5.83. The summed E-state index contributed by atoms with van der Waals surface area (Å²) in [6.07, 6.45) is 11.4. The van der Waals surface area contributed by atoms with Crippen molar-refractivity contribution in [2.24, 2.45) is 11.8 Å². The van der Waals surface area contributed by atoms with Gasteiger partial charge in [-0.2, -0.15) is 0 Å². The third-order valence-corrected chi connectivity index (χ3v) is 4.87. The summed E-state index contributed by atoms with van der Waals surface area (Å²) < 4.78 is 0. The minimum atomic E-state index is 0.816. The van der Waals surface area contributed by atoms with Crippen molar-refractivity contribution in [1.82, 2.24) is 10.2 Å². The van der Waals surface area contributed by atoms with Gasteiger partial charge < -0.3 is 10.2 Å². The largest absolute Gasteiger partial charge is 0.314 e. The Hall–Kier alpha value is -0.0800. The van der Waals surface area contributed by atoms with Crippen LogP contribution in [0, 0.1) is 11.8 Å². The van der Waals surface area contributed by atoms with E-state index in [-0.39, 0.29) is 0 Å². The van der Waals surface area contributed by atoms with Crippen molar-refractivity contribution in [3.05, 3.63) is 0 Å². The Morgan fingerprint density at radius 1 is 1.11 bits per heavy atom. The monoisotopic (exact) mass is 266 g/mol. The van der Waals surface area contributed by atoms with Crippen LogP contribution >= 0.6 is 0 Å². The van der Waals surface area contributed by atoms with Gasteiger partial charge in [-0.1, -0.05) is 26.7 Å². The van der Waals surface area contributed by atoms with Crippen LogP contribution in [0.15, 0.2) is 0 Å². The predicted octanol–water partition coefficient (Wildman–Crippen LogP) is 3.67. The fourth-order valence-corrected chi connectivity index (χ4v) is 3.97. The zero-order chi connectivity index (χ0) is 13.5. The molecule has 0 aromatic heterocycles. The Kier molecular flexibility index (Phi) is 6.66. The highest BCUT2D eigenvalue weighted by Crippen LogP contribution is 2.29. The first-order valence-corrected chi connectivity index (χ1v) is 8.70. The highest BCUT2D eigenvalue weighted by molar-refractivity contribution is 4.78. The molecule has 0 spiro atoms. The van der Waals surface area contributed by atoms with Gasteiger partial charge in [0.2, 0.25) is 0 Å². The van der Waals surface area contributed by atoms with Crippen LogP contribution in [0.1, 0.15) is 65.2 Å². The highest BCUT2D eigenvalue weighted by Gasteiger charge is 2.22. The lowest BCUT2D eigenvalue weighted by atomic mass is 9.81. The first-order valence-electron chi connectivity index (χ1n) is 8.70. The summed E-state index contributed by atoms with van der Waals surface area (Å²) in [4.78, 5) is 2.63. The molecule has 2 atom stereocenters. The van der Waals surface area contributed by atoms with Gasteiger partial charge in [0.1, 0.15) is 0 Å². The first-order chi connectivity index (χ1) is 9.24. The molecule has 19 heavy (non-hydrogen) atoms. The van der Waals surface area contributed by atoms with Crippen molar-refractivity contribution in [2.45, 2.75) is 71.3 Å². The van der Waals surface area contributed by atoms with Gasteiger partial charge in [0.15, 0.2) is 0 Å². The molecule has 2 heteroatoms. The van der Waals surface area contributed by atoms with Gasteiger partial charge in [0.05, 0.1) is 0 Å². The number of nitrogens with zero attached hydrogens (tertiary/aromatic N) is 1. The molecule has 0 aromatic carbocycles. The van der Waals surface area contributed by atoms with Crippen molar-refractivity contribution in [2.75, 3.05) is 26.2 Å². The first kappa shape index (κ1) is 15.3. The van der Waals surface area contributed by atoms with Gasteiger partial charge >= 0.3 is 0 Å². The Labute approximate surface area is 120 Å². The molecule has 1 saturated carbocycles. The van der Waals surface area contributed by atoms with Crippen LogP contribution in [-0.2, 0) is 0 Å². The molecule has 112 valence electrons. The maximum absolute atomic E-state index is 3.82. The molecular formula is C17H34N2. The van der Waals surface area contributed by atoms with E-state index in [1.54, 1.807) is 0 Å². The van der Waals surface area contributed by atoms with Gasteiger partial charge in [0, 0.05) is 6.04 Å². The second kappa shape index (κ2) is 8.26. The van der Waals surface area contributed by atoms with Crippen molar-refractivity contribution < 1.29 is 0 Å².